The lowest BCUT2D eigenvalue weighted by Crippen LogP contribution is -2.41. The molecule has 0 radical (unpaired) electrons. The van der Waals surface area contributed by atoms with Gasteiger partial charge in [-0.05, 0) is 84.1 Å². The number of hydrogen-bond acceptors (Lipinski definition) is 6. The summed E-state index contributed by atoms with van der Waals surface area (Å²) in [6.07, 6.45) is 0. The smallest absolute Gasteiger partial charge is 0.458 e. The second-order valence-electron chi connectivity index (χ2n) is 8.18. The van der Waals surface area contributed by atoms with Crippen LogP contribution in [0, 0.1) is 0 Å². The largest absolute Gasteiger partial charge is 0.498 e. The van der Waals surface area contributed by atoms with Crippen molar-refractivity contribution in [3.63, 3.8) is 0 Å². The molecule has 0 aromatic heterocycles. The predicted octanol–water partition coefficient (Wildman–Crippen LogP) is 2.89. The Balaban J connectivity index is 2.03. The van der Waals surface area contributed by atoms with E-state index in [1.807, 2.05) is 27.7 Å². The van der Waals surface area contributed by atoms with Gasteiger partial charge >= 0.3 is 7.12 Å². The molecule has 1 fully saturated rings. The Labute approximate surface area is 177 Å². The fourth-order valence-electron chi connectivity index (χ4n) is 2.94. The summed E-state index contributed by atoms with van der Waals surface area (Å²) in [5, 5.41) is 0. The van der Waals surface area contributed by atoms with Crippen molar-refractivity contribution in [1.29, 1.82) is 0 Å². The molecule has 1 aliphatic rings. The summed E-state index contributed by atoms with van der Waals surface area (Å²) < 4.78 is 45.2. The molecule has 1 saturated heterocycles. The molecule has 0 aliphatic carbocycles. The van der Waals surface area contributed by atoms with Crippen molar-refractivity contribution in [3.05, 3.63) is 48.0 Å². The van der Waals surface area contributed by atoms with Crippen molar-refractivity contribution >= 4 is 28.4 Å². The van der Waals surface area contributed by atoms with Crippen LogP contribution in [0.15, 0.2) is 47.4 Å². The number of ketones is 1. The summed E-state index contributed by atoms with van der Waals surface area (Å²) in [4.78, 5) is 11.6. The van der Waals surface area contributed by atoms with Gasteiger partial charge in [-0.2, -0.15) is 0 Å². The fourth-order valence-corrected chi connectivity index (χ4v) is 3.71. The lowest BCUT2D eigenvalue weighted by atomic mass is 9.78. The van der Waals surface area contributed by atoms with Crippen molar-refractivity contribution < 1.29 is 27.3 Å². The van der Waals surface area contributed by atoms with E-state index in [0.717, 1.165) is 0 Å². The quantitative estimate of drug-likeness (QED) is 0.559. The molecule has 2 aromatic rings. The molecule has 2 aromatic carbocycles. The van der Waals surface area contributed by atoms with Crippen LogP contribution in [0.3, 0.4) is 0 Å². The molecule has 1 aliphatic heterocycles. The molecule has 0 saturated carbocycles. The first kappa shape index (κ1) is 22.5. The number of rotatable bonds is 6. The molecule has 0 unspecified atom stereocenters. The van der Waals surface area contributed by atoms with Gasteiger partial charge in [-0.25, -0.2) is 13.1 Å². The molecule has 1 heterocycles. The van der Waals surface area contributed by atoms with Gasteiger partial charge in [0.1, 0.15) is 11.5 Å². The van der Waals surface area contributed by atoms with Crippen LogP contribution in [-0.4, -0.2) is 39.6 Å². The summed E-state index contributed by atoms with van der Waals surface area (Å²) in [6, 6.07) is 11.2. The van der Waals surface area contributed by atoms with Crippen molar-refractivity contribution in [2.45, 2.75) is 50.7 Å². The number of Topliss-reactive ketones (excluding diaryl/α,β-unsaturated/α-hetero) is 1. The van der Waals surface area contributed by atoms with Gasteiger partial charge in [-0.3, -0.25) is 4.79 Å². The second kappa shape index (κ2) is 7.81. The standard InChI is InChI=1S/C21H26BNO6S/c1-14(24)15-7-9-16(10-8-15)27-19-12-11-17(30(25,26)23-6)13-18(19)22-28-20(2,3)21(4,5)29-22/h7-13,23H,1-6H3. The van der Waals surface area contributed by atoms with Crippen LogP contribution in [0.25, 0.3) is 0 Å². The zero-order valence-electron chi connectivity index (χ0n) is 18.0. The first-order valence-corrected chi connectivity index (χ1v) is 11.1. The van der Waals surface area contributed by atoms with E-state index in [2.05, 4.69) is 4.72 Å². The highest BCUT2D eigenvalue weighted by Gasteiger charge is 2.52. The summed E-state index contributed by atoms with van der Waals surface area (Å²) >= 11 is 0. The lowest BCUT2D eigenvalue weighted by Gasteiger charge is -2.32. The Morgan fingerprint density at radius 3 is 2.07 bits per heavy atom. The average Bonchev–Trinajstić information content (AvgIpc) is 2.89. The minimum absolute atomic E-state index is 0.0407. The lowest BCUT2D eigenvalue weighted by molar-refractivity contribution is 0.00578. The molecule has 30 heavy (non-hydrogen) atoms. The minimum Gasteiger partial charge on any atom is -0.458 e. The Hall–Kier alpha value is -2.20. The molecule has 0 spiro atoms. The second-order valence-corrected chi connectivity index (χ2v) is 10.1. The van der Waals surface area contributed by atoms with Crippen LogP contribution in [-0.2, 0) is 19.3 Å². The fraction of sp³-hybridized carbons (Fsp3) is 0.381. The van der Waals surface area contributed by atoms with Gasteiger partial charge in [0, 0.05) is 11.0 Å². The number of carbonyl (C=O) groups is 1. The van der Waals surface area contributed by atoms with E-state index in [1.54, 1.807) is 30.3 Å². The Morgan fingerprint density at radius 2 is 1.57 bits per heavy atom. The van der Waals surface area contributed by atoms with Crippen LogP contribution in [0.5, 0.6) is 11.5 Å². The molecule has 7 nitrogen and oxygen atoms in total. The van der Waals surface area contributed by atoms with Gasteiger partial charge in [0.25, 0.3) is 0 Å². The van der Waals surface area contributed by atoms with Crippen LogP contribution in [0.2, 0.25) is 0 Å². The third-order valence-electron chi connectivity index (χ3n) is 5.56. The normalized spacial score (nSPS) is 17.7. The monoisotopic (exact) mass is 431 g/mol. The van der Waals surface area contributed by atoms with E-state index >= 15 is 0 Å². The van der Waals surface area contributed by atoms with Gasteiger partial charge < -0.3 is 14.0 Å². The first-order chi connectivity index (χ1) is 13.9. The van der Waals surface area contributed by atoms with Crippen molar-refractivity contribution in [2.24, 2.45) is 0 Å². The highest BCUT2D eigenvalue weighted by Crippen LogP contribution is 2.37. The number of benzene rings is 2. The molecule has 0 amide bonds. The van der Waals surface area contributed by atoms with Crippen LogP contribution in [0.1, 0.15) is 45.0 Å². The Morgan fingerprint density at radius 1 is 1.00 bits per heavy atom. The number of hydrogen-bond donors (Lipinski definition) is 1. The molecule has 0 bridgehead atoms. The van der Waals surface area contributed by atoms with E-state index in [4.69, 9.17) is 14.0 Å². The first-order valence-electron chi connectivity index (χ1n) is 9.58. The summed E-state index contributed by atoms with van der Waals surface area (Å²) in [7, 11) is -3.13. The maximum Gasteiger partial charge on any atom is 0.498 e. The van der Waals surface area contributed by atoms with Gasteiger partial charge in [-0.1, -0.05) is 0 Å². The molecule has 160 valence electrons. The van der Waals surface area contributed by atoms with E-state index in [-0.39, 0.29) is 10.7 Å². The zero-order chi connectivity index (χ0) is 22.3. The van der Waals surface area contributed by atoms with Gasteiger partial charge in [0.15, 0.2) is 5.78 Å². The van der Waals surface area contributed by atoms with E-state index < -0.39 is 28.3 Å². The molecule has 0 atom stereocenters. The SMILES string of the molecule is CNS(=O)(=O)c1ccc(Oc2ccc(C(C)=O)cc2)c(B2OC(C)(C)C(C)(C)O2)c1. The van der Waals surface area contributed by atoms with Gasteiger partial charge in [0.2, 0.25) is 10.0 Å². The van der Waals surface area contributed by atoms with E-state index in [0.29, 0.717) is 22.5 Å². The summed E-state index contributed by atoms with van der Waals surface area (Å²) in [5.41, 5.74) is -0.170. The summed E-state index contributed by atoms with van der Waals surface area (Å²) in [5.74, 6) is 0.863. The van der Waals surface area contributed by atoms with Crippen LogP contribution in [0.4, 0.5) is 0 Å². The van der Waals surface area contributed by atoms with Gasteiger partial charge in [-0.15, -0.1) is 0 Å². The molecule has 9 heteroatoms. The minimum atomic E-state index is -3.67. The van der Waals surface area contributed by atoms with E-state index in [9.17, 15) is 13.2 Å². The third-order valence-corrected chi connectivity index (χ3v) is 6.97. The number of nitrogens with one attached hydrogen (secondary N) is 1. The zero-order valence-corrected chi connectivity index (χ0v) is 18.8. The summed E-state index contributed by atoms with van der Waals surface area (Å²) in [6.45, 7) is 9.17. The Kier molecular flexibility index (Phi) is 5.86. The Bertz CT molecular complexity index is 1050. The van der Waals surface area contributed by atoms with Crippen LogP contribution < -0.4 is 14.9 Å². The predicted molar refractivity (Wildman–Crippen MR) is 115 cm³/mol. The highest BCUT2D eigenvalue weighted by molar-refractivity contribution is 7.89. The van der Waals surface area contributed by atoms with Crippen molar-refractivity contribution in [1.82, 2.24) is 4.72 Å². The molecule has 1 N–H and O–H groups in total. The van der Waals surface area contributed by atoms with E-state index in [1.165, 1.54) is 26.1 Å². The molecular formula is C21H26BNO6S. The number of ether oxygens (including phenoxy) is 1. The average molecular weight is 431 g/mol. The number of carbonyl (C=O) groups excluding carboxylic acids is 1. The maximum atomic E-state index is 12.3. The maximum absolute atomic E-state index is 12.3. The number of sulfonamides is 1. The molecular weight excluding hydrogens is 405 g/mol. The van der Waals surface area contributed by atoms with Crippen molar-refractivity contribution in [2.75, 3.05) is 7.05 Å². The van der Waals surface area contributed by atoms with Crippen LogP contribution >= 0.6 is 0 Å². The van der Waals surface area contributed by atoms with Gasteiger partial charge in [0.05, 0.1) is 16.1 Å². The third kappa shape index (κ3) is 4.29. The van der Waals surface area contributed by atoms with Crippen molar-refractivity contribution in [3.8, 4) is 11.5 Å². The topological polar surface area (TPSA) is 90.9 Å². The molecule has 3 rings (SSSR count). The highest BCUT2D eigenvalue weighted by atomic mass is 32.2.